The minimum absolute atomic E-state index is 0.282. The Balaban J connectivity index is 2.45. The van der Waals surface area contributed by atoms with E-state index >= 15 is 0 Å². The molecule has 1 rings (SSSR count). The van der Waals surface area contributed by atoms with Gasteiger partial charge >= 0.3 is 5.97 Å². The first-order chi connectivity index (χ1) is 8.72. The summed E-state index contributed by atoms with van der Waals surface area (Å²) in [6.07, 6.45) is 6.40. The number of hydrogen-bond donors (Lipinski definition) is 0. The van der Waals surface area contributed by atoms with Gasteiger partial charge in [-0.15, -0.1) is 0 Å². The standard InChI is InChI=1S/C12H10O4S2/c1-10(14)16-7-3-2-4-11-5-6-12(18-17-11)8-15-9-13/h3,5-7,9H,8H2,1H3/b7-3+. The van der Waals surface area contributed by atoms with Crippen LogP contribution in [0.4, 0.5) is 0 Å². The van der Waals surface area contributed by atoms with Gasteiger partial charge in [0.05, 0.1) is 4.91 Å². The lowest BCUT2D eigenvalue weighted by Gasteiger charge is -2.08. The molecule has 1 aliphatic rings. The minimum Gasteiger partial charge on any atom is -0.462 e. The van der Waals surface area contributed by atoms with Crippen LogP contribution in [0.2, 0.25) is 0 Å². The van der Waals surface area contributed by atoms with Gasteiger partial charge in [0.15, 0.2) is 0 Å². The van der Waals surface area contributed by atoms with E-state index in [1.54, 1.807) is 0 Å². The van der Waals surface area contributed by atoms with Crippen molar-refractivity contribution in [1.29, 1.82) is 0 Å². The molecule has 1 aliphatic heterocycles. The SMILES string of the molecule is CC(=O)O/C=C/C#CC1=CC=C(COC=O)SS1. The molecule has 0 saturated carbocycles. The summed E-state index contributed by atoms with van der Waals surface area (Å²) in [5.74, 6) is 5.26. The molecule has 0 spiro atoms. The summed E-state index contributed by atoms with van der Waals surface area (Å²) in [4.78, 5) is 22.3. The molecule has 0 aromatic heterocycles. The Bertz CT molecular complexity index is 466. The van der Waals surface area contributed by atoms with E-state index in [0.717, 1.165) is 9.81 Å². The average molecular weight is 282 g/mol. The van der Waals surface area contributed by atoms with E-state index in [4.69, 9.17) is 0 Å². The van der Waals surface area contributed by atoms with Crippen molar-refractivity contribution in [1.82, 2.24) is 0 Å². The van der Waals surface area contributed by atoms with Crippen molar-refractivity contribution in [3.05, 3.63) is 34.3 Å². The third-order valence-electron chi connectivity index (χ3n) is 1.53. The maximum Gasteiger partial charge on any atom is 0.307 e. The molecule has 0 saturated heterocycles. The first-order valence-electron chi connectivity index (χ1n) is 4.87. The van der Waals surface area contributed by atoms with Crippen LogP contribution < -0.4 is 0 Å². The van der Waals surface area contributed by atoms with Crippen LogP contribution in [0.15, 0.2) is 34.3 Å². The summed E-state index contributed by atoms with van der Waals surface area (Å²) in [6.45, 7) is 2.03. The molecular weight excluding hydrogens is 272 g/mol. The van der Waals surface area contributed by atoms with Gasteiger partial charge in [0, 0.05) is 17.9 Å². The number of ether oxygens (including phenoxy) is 2. The highest BCUT2D eigenvalue weighted by atomic mass is 33.1. The molecular formula is C12H10O4S2. The Kier molecular flexibility index (Phi) is 6.84. The molecule has 0 amide bonds. The second-order valence-corrected chi connectivity index (χ2v) is 5.22. The quantitative estimate of drug-likeness (QED) is 0.259. The Morgan fingerprint density at radius 1 is 1.44 bits per heavy atom. The van der Waals surface area contributed by atoms with E-state index in [9.17, 15) is 9.59 Å². The minimum atomic E-state index is -0.377. The lowest BCUT2D eigenvalue weighted by atomic mass is 10.4. The maximum absolute atomic E-state index is 10.4. The summed E-state index contributed by atoms with van der Waals surface area (Å²) in [7, 11) is 2.98. The second-order valence-electron chi connectivity index (χ2n) is 2.92. The number of esters is 1. The van der Waals surface area contributed by atoms with Crippen LogP contribution in [-0.2, 0) is 19.1 Å². The molecule has 0 bridgehead atoms. The van der Waals surface area contributed by atoms with Crippen molar-refractivity contribution < 1.29 is 19.1 Å². The Morgan fingerprint density at radius 3 is 2.89 bits per heavy atom. The highest BCUT2D eigenvalue weighted by Gasteiger charge is 2.06. The van der Waals surface area contributed by atoms with E-state index in [0.29, 0.717) is 6.47 Å². The molecule has 6 heteroatoms. The van der Waals surface area contributed by atoms with E-state index in [-0.39, 0.29) is 12.6 Å². The highest BCUT2D eigenvalue weighted by molar-refractivity contribution is 8.79. The molecule has 0 atom stereocenters. The molecule has 94 valence electrons. The molecule has 0 fully saturated rings. The van der Waals surface area contributed by atoms with E-state index in [2.05, 4.69) is 21.3 Å². The second kappa shape index (κ2) is 8.50. The van der Waals surface area contributed by atoms with Crippen LogP contribution in [0.5, 0.6) is 0 Å². The lowest BCUT2D eigenvalue weighted by molar-refractivity contribution is -0.135. The van der Waals surface area contributed by atoms with Gasteiger partial charge in [0.1, 0.15) is 12.9 Å². The predicted molar refractivity (Wildman–Crippen MR) is 72.0 cm³/mol. The molecule has 0 aromatic carbocycles. The van der Waals surface area contributed by atoms with Crippen molar-refractivity contribution in [2.45, 2.75) is 6.92 Å². The van der Waals surface area contributed by atoms with Gasteiger partial charge in [-0.2, -0.15) is 0 Å². The lowest BCUT2D eigenvalue weighted by Crippen LogP contribution is -1.93. The highest BCUT2D eigenvalue weighted by Crippen LogP contribution is 2.39. The van der Waals surface area contributed by atoms with E-state index in [1.165, 1.54) is 40.8 Å². The molecule has 0 aliphatic carbocycles. The maximum atomic E-state index is 10.4. The van der Waals surface area contributed by atoms with Crippen LogP contribution in [0.1, 0.15) is 6.92 Å². The molecule has 1 heterocycles. The Labute approximate surface area is 113 Å². The number of hydrogen-bond acceptors (Lipinski definition) is 6. The smallest absolute Gasteiger partial charge is 0.307 e. The molecule has 0 N–H and O–H groups in total. The molecule has 0 aromatic rings. The van der Waals surface area contributed by atoms with Gasteiger partial charge in [0.2, 0.25) is 0 Å². The fourth-order valence-electron chi connectivity index (χ4n) is 0.850. The monoisotopic (exact) mass is 282 g/mol. The number of allylic oxidation sites excluding steroid dienone is 4. The van der Waals surface area contributed by atoms with Crippen LogP contribution in [0, 0.1) is 11.8 Å². The van der Waals surface area contributed by atoms with Crippen molar-refractivity contribution >= 4 is 34.0 Å². The van der Waals surface area contributed by atoms with Crippen molar-refractivity contribution in [3.63, 3.8) is 0 Å². The zero-order valence-electron chi connectivity index (χ0n) is 9.54. The third kappa shape index (κ3) is 6.23. The van der Waals surface area contributed by atoms with Gasteiger partial charge in [0.25, 0.3) is 6.47 Å². The summed E-state index contributed by atoms with van der Waals surface area (Å²) in [5.41, 5.74) is 0. The fraction of sp³-hybridized carbons (Fsp3) is 0.167. The van der Waals surface area contributed by atoms with Crippen LogP contribution in [0.3, 0.4) is 0 Å². The molecule has 18 heavy (non-hydrogen) atoms. The first-order valence-corrected chi connectivity index (χ1v) is 7.02. The normalized spacial score (nSPS) is 14.1. The largest absolute Gasteiger partial charge is 0.462 e. The van der Waals surface area contributed by atoms with Crippen LogP contribution >= 0.6 is 21.6 Å². The Morgan fingerprint density at radius 2 is 2.28 bits per heavy atom. The van der Waals surface area contributed by atoms with Gasteiger partial charge in [-0.3, -0.25) is 9.59 Å². The van der Waals surface area contributed by atoms with Gasteiger partial charge < -0.3 is 9.47 Å². The van der Waals surface area contributed by atoms with Gasteiger partial charge in [-0.25, -0.2) is 0 Å². The summed E-state index contributed by atoms with van der Waals surface area (Å²) in [5, 5.41) is 0. The third-order valence-corrected chi connectivity index (χ3v) is 3.93. The topological polar surface area (TPSA) is 52.6 Å². The van der Waals surface area contributed by atoms with Crippen molar-refractivity contribution in [2.24, 2.45) is 0 Å². The molecule has 4 nitrogen and oxygen atoms in total. The number of rotatable bonds is 4. The first kappa shape index (κ1) is 14.5. The molecule has 0 unspecified atom stereocenters. The summed E-state index contributed by atoms with van der Waals surface area (Å²) in [6, 6.07) is 0. The van der Waals surface area contributed by atoms with Crippen LogP contribution in [-0.4, -0.2) is 19.0 Å². The average Bonchev–Trinajstić information content (AvgIpc) is 2.37. The van der Waals surface area contributed by atoms with Crippen LogP contribution in [0.25, 0.3) is 0 Å². The van der Waals surface area contributed by atoms with E-state index < -0.39 is 0 Å². The molecule has 0 radical (unpaired) electrons. The Hall–Kier alpha value is -1.58. The van der Waals surface area contributed by atoms with Crippen molar-refractivity contribution in [2.75, 3.05) is 6.61 Å². The predicted octanol–water partition coefficient (Wildman–Crippen LogP) is 2.40. The number of carbonyl (C=O) groups excluding carboxylic acids is 2. The summed E-state index contributed by atoms with van der Waals surface area (Å²) >= 11 is 0. The zero-order chi connectivity index (χ0) is 13.2. The van der Waals surface area contributed by atoms with E-state index in [1.807, 2.05) is 12.2 Å². The number of carbonyl (C=O) groups is 2. The van der Waals surface area contributed by atoms with Gasteiger partial charge in [-0.1, -0.05) is 22.6 Å². The van der Waals surface area contributed by atoms with Crippen molar-refractivity contribution in [3.8, 4) is 11.8 Å². The summed E-state index contributed by atoms with van der Waals surface area (Å²) < 4.78 is 9.21. The fourth-order valence-corrected chi connectivity index (χ4v) is 2.70. The van der Waals surface area contributed by atoms with Gasteiger partial charge in [-0.05, 0) is 22.9 Å². The zero-order valence-corrected chi connectivity index (χ0v) is 11.2.